The van der Waals surface area contributed by atoms with Crippen LogP contribution >= 0.6 is 0 Å². The molecule has 3 heterocycles. The third-order valence-electron chi connectivity index (χ3n) is 4.67. The van der Waals surface area contributed by atoms with Crippen LogP contribution in [0.2, 0.25) is 0 Å². The Morgan fingerprint density at radius 2 is 1.74 bits per heavy atom. The van der Waals surface area contributed by atoms with Crippen LogP contribution in [-0.4, -0.2) is 20.2 Å². The Bertz CT molecular complexity index is 1230. The minimum absolute atomic E-state index is 0.678. The standard InChI is InChI=1S/C22H17N5/c1-2-4-21-17(3-1)7-15(10-23-21)11-24-22-9-19-8-16(20-13-26-27-14-20)5-6-18(19)12-25-22/h1-10,12-14H,11H2,(H,24,25)(H,26,27). The highest BCUT2D eigenvalue weighted by molar-refractivity contribution is 5.88. The van der Waals surface area contributed by atoms with E-state index in [-0.39, 0.29) is 0 Å². The highest BCUT2D eigenvalue weighted by atomic mass is 15.1. The second-order valence-corrected chi connectivity index (χ2v) is 6.51. The summed E-state index contributed by atoms with van der Waals surface area (Å²) >= 11 is 0. The van der Waals surface area contributed by atoms with Crippen LogP contribution < -0.4 is 5.32 Å². The van der Waals surface area contributed by atoms with E-state index in [1.54, 1.807) is 0 Å². The maximum atomic E-state index is 4.53. The highest BCUT2D eigenvalue weighted by Crippen LogP contribution is 2.25. The molecule has 130 valence electrons. The van der Waals surface area contributed by atoms with Gasteiger partial charge < -0.3 is 5.32 Å². The quantitative estimate of drug-likeness (QED) is 0.489. The topological polar surface area (TPSA) is 66.5 Å². The molecule has 3 aromatic heterocycles. The van der Waals surface area contributed by atoms with Crippen molar-refractivity contribution in [2.45, 2.75) is 6.54 Å². The van der Waals surface area contributed by atoms with Crippen LogP contribution in [0.25, 0.3) is 32.8 Å². The molecule has 0 aliphatic heterocycles. The van der Waals surface area contributed by atoms with E-state index >= 15 is 0 Å². The van der Waals surface area contributed by atoms with Gasteiger partial charge in [0.25, 0.3) is 0 Å². The van der Waals surface area contributed by atoms with Crippen LogP contribution in [0.15, 0.2) is 79.4 Å². The molecule has 0 atom stereocenters. The average Bonchev–Trinajstić information content (AvgIpc) is 3.26. The predicted molar refractivity (Wildman–Crippen MR) is 108 cm³/mol. The van der Waals surface area contributed by atoms with Crippen molar-refractivity contribution in [3.63, 3.8) is 0 Å². The Morgan fingerprint density at radius 3 is 2.67 bits per heavy atom. The number of anilines is 1. The molecule has 5 nitrogen and oxygen atoms in total. The molecule has 0 saturated heterocycles. The number of nitrogens with zero attached hydrogens (tertiary/aromatic N) is 3. The third kappa shape index (κ3) is 3.11. The number of pyridine rings is 2. The summed E-state index contributed by atoms with van der Waals surface area (Å²) in [6.07, 6.45) is 7.53. The number of aromatic amines is 1. The number of fused-ring (bicyclic) bond motifs is 2. The summed E-state index contributed by atoms with van der Waals surface area (Å²) in [5.41, 5.74) is 4.34. The summed E-state index contributed by atoms with van der Waals surface area (Å²) in [4.78, 5) is 9.04. The fraction of sp³-hybridized carbons (Fsp3) is 0.0455. The number of para-hydroxylation sites is 1. The molecule has 0 amide bonds. The molecule has 5 aromatic rings. The molecule has 0 spiro atoms. The van der Waals surface area contributed by atoms with Crippen LogP contribution in [0, 0.1) is 0 Å². The van der Waals surface area contributed by atoms with Crippen LogP contribution in [0.3, 0.4) is 0 Å². The zero-order valence-corrected chi connectivity index (χ0v) is 14.6. The maximum absolute atomic E-state index is 4.53. The Labute approximate surface area is 156 Å². The van der Waals surface area contributed by atoms with Gasteiger partial charge in [-0.1, -0.05) is 30.3 Å². The van der Waals surface area contributed by atoms with Crippen LogP contribution in [0.5, 0.6) is 0 Å². The lowest BCUT2D eigenvalue weighted by atomic mass is 10.1. The first-order valence-electron chi connectivity index (χ1n) is 8.82. The van der Waals surface area contributed by atoms with Gasteiger partial charge in [-0.25, -0.2) is 4.98 Å². The number of nitrogens with one attached hydrogen (secondary N) is 2. The minimum Gasteiger partial charge on any atom is -0.366 e. The van der Waals surface area contributed by atoms with Gasteiger partial charge in [-0.2, -0.15) is 5.10 Å². The lowest BCUT2D eigenvalue weighted by Gasteiger charge is -2.08. The van der Waals surface area contributed by atoms with Gasteiger partial charge in [-0.05, 0) is 40.8 Å². The molecule has 2 aromatic carbocycles. The molecule has 0 aliphatic carbocycles. The van der Waals surface area contributed by atoms with Crippen molar-refractivity contribution in [1.82, 2.24) is 20.2 Å². The number of benzene rings is 2. The largest absolute Gasteiger partial charge is 0.366 e. The van der Waals surface area contributed by atoms with E-state index in [0.29, 0.717) is 6.54 Å². The number of hydrogen-bond donors (Lipinski definition) is 2. The number of hydrogen-bond acceptors (Lipinski definition) is 4. The summed E-state index contributed by atoms with van der Waals surface area (Å²) in [5, 5.41) is 13.7. The van der Waals surface area contributed by atoms with E-state index in [1.807, 2.05) is 43.0 Å². The molecule has 27 heavy (non-hydrogen) atoms. The second-order valence-electron chi connectivity index (χ2n) is 6.51. The SMILES string of the molecule is c1ccc2ncc(CNc3cc4cc(-c5cn[nH]c5)ccc4cn3)cc2c1. The van der Waals surface area contributed by atoms with Crippen molar-refractivity contribution in [2.24, 2.45) is 0 Å². The Kier molecular flexibility index (Phi) is 3.76. The predicted octanol–water partition coefficient (Wildman–Crippen LogP) is 4.79. The summed E-state index contributed by atoms with van der Waals surface area (Å²) in [5.74, 6) is 0.847. The summed E-state index contributed by atoms with van der Waals surface area (Å²) in [7, 11) is 0. The lowest BCUT2D eigenvalue weighted by Crippen LogP contribution is -2.01. The van der Waals surface area contributed by atoms with Crippen molar-refractivity contribution in [3.05, 3.63) is 84.9 Å². The molecule has 2 N–H and O–H groups in total. The van der Waals surface area contributed by atoms with Crippen molar-refractivity contribution in [2.75, 3.05) is 5.32 Å². The lowest BCUT2D eigenvalue weighted by molar-refractivity contribution is 1.09. The first-order chi connectivity index (χ1) is 13.3. The van der Waals surface area contributed by atoms with Crippen molar-refractivity contribution < 1.29 is 0 Å². The van der Waals surface area contributed by atoms with E-state index in [2.05, 4.69) is 61.9 Å². The van der Waals surface area contributed by atoms with E-state index in [0.717, 1.165) is 44.2 Å². The Balaban J connectivity index is 1.40. The fourth-order valence-electron chi connectivity index (χ4n) is 3.23. The molecule has 5 rings (SSSR count). The number of aromatic nitrogens is 4. The van der Waals surface area contributed by atoms with Crippen molar-refractivity contribution in [1.29, 1.82) is 0 Å². The van der Waals surface area contributed by atoms with Gasteiger partial charge in [0.2, 0.25) is 0 Å². The van der Waals surface area contributed by atoms with E-state index in [9.17, 15) is 0 Å². The minimum atomic E-state index is 0.678. The zero-order valence-electron chi connectivity index (χ0n) is 14.6. The maximum Gasteiger partial charge on any atom is 0.126 e. The number of H-pyrrole nitrogens is 1. The molecule has 5 heteroatoms. The number of rotatable bonds is 4. The van der Waals surface area contributed by atoms with Gasteiger partial charge in [-0.15, -0.1) is 0 Å². The Hall–Kier alpha value is -3.73. The van der Waals surface area contributed by atoms with Crippen LogP contribution in [0.1, 0.15) is 5.56 Å². The molecule has 0 radical (unpaired) electrons. The third-order valence-corrected chi connectivity index (χ3v) is 4.67. The van der Waals surface area contributed by atoms with Gasteiger partial charge in [0.15, 0.2) is 0 Å². The van der Waals surface area contributed by atoms with Gasteiger partial charge in [0.05, 0.1) is 11.7 Å². The first-order valence-corrected chi connectivity index (χ1v) is 8.82. The molecular weight excluding hydrogens is 334 g/mol. The summed E-state index contributed by atoms with van der Waals surface area (Å²) in [6.45, 7) is 0.678. The zero-order chi connectivity index (χ0) is 18.1. The van der Waals surface area contributed by atoms with Gasteiger partial charge in [-0.3, -0.25) is 10.1 Å². The monoisotopic (exact) mass is 351 g/mol. The molecule has 0 fully saturated rings. The van der Waals surface area contributed by atoms with Crippen molar-refractivity contribution >= 4 is 27.5 Å². The average molecular weight is 351 g/mol. The molecular formula is C22H17N5. The molecule has 0 unspecified atom stereocenters. The second kappa shape index (κ2) is 6.53. The smallest absolute Gasteiger partial charge is 0.126 e. The summed E-state index contributed by atoms with van der Waals surface area (Å²) < 4.78 is 0. The van der Waals surface area contributed by atoms with E-state index < -0.39 is 0 Å². The first kappa shape index (κ1) is 15.5. The highest BCUT2D eigenvalue weighted by Gasteiger charge is 2.04. The normalized spacial score (nSPS) is 11.1. The van der Waals surface area contributed by atoms with Gasteiger partial charge >= 0.3 is 0 Å². The van der Waals surface area contributed by atoms with E-state index in [4.69, 9.17) is 0 Å². The van der Waals surface area contributed by atoms with Gasteiger partial charge in [0, 0.05) is 41.5 Å². The molecule has 0 bridgehead atoms. The Morgan fingerprint density at radius 1 is 0.778 bits per heavy atom. The molecule has 0 saturated carbocycles. The van der Waals surface area contributed by atoms with Crippen molar-refractivity contribution in [3.8, 4) is 11.1 Å². The fourth-order valence-corrected chi connectivity index (χ4v) is 3.23. The van der Waals surface area contributed by atoms with Crippen LogP contribution in [-0.2, 0) is 6.54 Å². The van der Waals surface area contributed by atoms with E-state index in [1.165, 1.54) is 0 Å². The summed E-state index contributed by atoms with van der Waals surface area (Å²) in [6, 6.07) is 18.7. The molecule has 0 aliphatic rings. The van der Waals surface area contributed by atoms with Gasteiger partial charge in [0.1, 0.15) is 5.82 Å². The van der Waals surface area contributed by atoms with Crippen LogP contribution in [0.4, 0.5) is 5.82 Å².